The zero-order chi connectivity index (χ0) is 12.3. The summed E-state index contributed by atoms with van der Waals surface area (Å²) in [6.45, 7) is 9.09. The summed E-state index contributed by atoms with van der Waals surface area (Å²) < 4.78 is 6.17. The van der Waals surface area contributed by atoms with Gasteiger partial charge in [0.2, 0.25) is 0 Å². The Hall–Kier alpha value is -1.24. The summed E-state index contributed by atoms with van der Waals surface area (Å²) in [5.41, 5.74) is 4.58. The number of rotatable bonds is 0. The third-order valence-corrected chi connectivity index (χ3v) is 3.98. The van der Waals surface area contributed by atoms with Crippen molar-refractivity contribution < 1.29 is 4.74 Å². The van der Waals surface area contributed by atoms with Crippen LogP contribution in [-0.2, 0) is 0 Å². The molecule has 1 heteroatoms. The van der Waals surface area contributed by atoms with Gasteiger partial charge in [0.25, 0.3) is 0 Å². The van der Waals surface area contributed by atoms with E-state index < -0.39 is 0 Å². The zero-order valence-corrected chi connectivity index (χ0v) is 11.1. The lowest BCUT2D eigenvalue weighted by molar-refractivity contribution is 0.138. The molecule has 17 heavy (non-hydrogen) atoms. The van der Waals surface area contributed by atoms with Crippen LogP contribution in [0.4, 0.5) is 0 Å². The molecule has 0 amide bonds. The first-order valence-electron chi connectivity index (χ1n) is 6.40. The number of allylic oxidation sites excluding steroid dienone is 1. The second-order valence-corrected chi connectivity index (χ2v) is 6.58. The highest BCUT2D eigenvalue weighted by Gasteiger charge is 2.42. The Labute approximate surface area is 103 Å². The van der Waals surface area contributed by atoms with Gasteiger partial charge >= 0.3 is 0 Å². The van der Waals surface area contributed by atoms with Crippen molar-refractivity contribution in [1.29, 1.82) is 0 Å². The average Bonchev–Trinajstić information content (AvgIpc) is 2.55. The standard InChI is InChI=1S/C16H20O/c1-15(2)9-12-11-7-5-6-8-14(11)17-16(3,4)13(12)10-15/h5-8H,9-10H2,1-4H3. The van der Waals surface area contributed by atoms with Gasteiger partial charge in [-0.15, -0.1) is 0 Å². The molecule has 2 aliphatic rings. The lowest BCUT2D eigenvalue weighted by atomic mass is 9.86. The maximum absolute atomic E-state index is 6.17. The van der Waals surface area contributed by atoms with E-state index in [9.17, 15) is 0 Å². The van der Waals surface area contributed by atoms with Crippen molar-refractivity contribution in [3.05, 3.63) is 35.4 Å². The van der Waals surface area contributed by atoms with E-state index in [1.54, 1.807) is 0 Å². The molecule has 1 aromatic carbocycles. The topological polar surface area (TPSA) is 9.23 Å². The number of benzene rings is 1. The third kappa shape index (κ3) is 1.60. The van der Waals surface area contributed by atoms with Gasteiger partial charge in [-0.3, -0.25) is 0 Å². The molecule has 1 nitrogen and oxygen atoms in total. The van der Waals surface area contributed by atoms with Gasteiger partial charge in [-0.2, -0.15) is 0 Å². The number of ether oxygens (including phenoxy) is 1. The number of hydrogen-bond donors (Lipinski definition) is 0. The Kier molecular flexibility index (Phi) is 2.02. The largest absolute Gasteiger partial charge is 0.483 e. The van der Waals surface area contributed by atoms with Crippen LogP contribution in [0.2, 0.25) is 0 Å². The van der Waals surface area contributed by atoms with E-state index in [1.807, 2.05) is 0 Å². The van der Waals surface area contributed by atoms with Crippen LogP contribution in [0.25, 0.3) is 5.57 Å². The normalized spacial score (nSPS) is 24.0. The van der Waals surface area contributed by atoms with Crippen LogP contribution in [0.15, 0.2) is 29.8 Å². The van der Waals surface area contributed by atoms with Crippen molar-refractivity contribution in [2.45, 2.75) is 46.1 Å². The van der Waals surface area contributed by atoms with Crippen LogP contribution >= 0.6 is 0 Å². The summed E-state index contributed by atoms with van der Waals surface area (Å²) in [5.74, 6) is 1.05. The molecule has 1 heterocycles. The van der Waals surface area contributed by atoms with E-state index in [1.165, 1.54) is 23.1 Å². The molecule has 0 saturated heterocycles. The molecule has 0 spiro atoms. The molecular weight excluding hydrogens is 208 g/mol. The van der Waals surface area contributed by atoms with Gasteiger partial charge in [0.05, 0.1) is 0 Å². The molecule has 90 valence electrons. The molecule has 0 unspecified atom stereocenters. The van der Waals surface area contributed by atoms with Gasteiger partial charge in [-0.25, -0.2) is 0 Å². The lowest BCUT2D eigenvalue weighted by Gasteiger charge is -2.35. The van der Waals surface area contributed by atoms with E-state index in [0.717, 1.165) is 12.2 Å². The molecule has 1 aliphatic carbocycles. The fourth-order valence-corrected chi connectivity index (χ4v) is 3.21. The summed E-state index contributed by atoms with van der Waals surface area (Å²) in [6.07, 6.45) is 2.33. The zero-order valence-electron chi connectivity index (χ0n) is 11.1. The second-order valence-electron chi connectivity index (χ2n) is 6.58. The molecule has 1 aromatic rings. The van der Waals surface area contributed by atoms with Crippen LogP contribution in [0, 0.1) is 5.41 Å². The number of para-hydroxylation sites is 1. The maximum Gasteiger partial charge on any atom is 0.128 e. The SMILES string of the molecule is CC1(C)CC2=C(C1)C(C)(C)Oc1ccccc12. The van der Waals surface area contributed by atoms with Gasteiger partial charge < -0.3 is 4.74 Å². The molecule has 0 bridgehead atoms. The van der Waals surface area contributed by atoms with Gasteiger partial charge in [-0.1, -0.05) is 32.0 Å². The Morgan fingerprint density at radius 3 is 2.47 bits per heavy atom. The summed E-state index contributed by atoms with van der Waals surface area (Å²) in [7, 11) is 0. The van der Waals surface area contributed by atoms with Crippen molar-refractivity contribution in [3.8, 4) is 5.75 Å². The number of fused-ring (bicyclic) bond motifs is 2. The summed E-state index contributed by atoms with van der Waals surface area (Å²) in [4.78, 5) is 0. The van der Waals surface area contributed by atoms with Crippen LogP contribution in [0.3, 0.4) is 0 Å². The predicted molar refractivity (Wildman–Crippen MR) is 71.1 cm³/mol. The minimum absolute atomic E-state index is 0.141. The van der Waals surface area contributed by atoms with Crippen LogP contribution in [0.1, 0.15) is 46.1 Å². The van der Waals surface area contributed by atoms with Crippen molar-refractivity contribution in [2.75, 3.05) is 0 Å². The first-order valence-corrected chi connectivity index (χ1v) is 6.40. The molecule has 0 saturated carbocycles. The van der Waals surface area contributed by atoms with Gasteiger partial charge in [0.1, 0.15) is 11.4 Å². The Balaban J connectivity index is 2.18. The highest BCUT2D eigenvalue weighted by atomic mass is 16.5. The van der Waals surface area contributed by atoms with Crippen LogP contribution < -0.4 is 4.74 Å². The third-order valence-electron chi connectivity index (χ3n) is 3.98. The smallest absolute Gasteiger partial charge is 0.128 e. The van der Waals surface area contributed by atoms with Crippen molar-refractivity contribution in [1.82, 2.24) is 0 Å². The Morgan fingerprint density at radius 1 is 1.00 bits per heavy atom. The molecule has 0 atom stereocenters. The van der Waals surface area contributed by atoms with Gasteiger partial charge in [-0.05, 0) is 49.3 Å². The average molecular weight is 228 g/mol. The number of hydrogen-bond acceptors (Lipinski definition) is 1. The van der Waals surface area contributed by atoms with E-state index in [2.05, 4.69) is 52.0 Å². The lowest BCUT2D eigenvalue weighted by Crippen LogP contribution is -2.33. The predicted octanol–water partition coefficient (Wildman–Crippen LogP) is 4.43. The van der Waals surface area contributed by atoms with E-state index in [4.69, 9.17) is 4.74 Å². The quantitative estimate of drug-likeness (QED) is 0.638. The molecule has 0 fully saturated rings. The van der Waals surface area contributed by atoms with Gasteiger partial charge in [0.15, 0.2) is 0 Å². The monoisotopic (exact) mass is 228 g/mol. The Bertz CT molecular complexity index is 506. The first kappa shape index (κ1) is 10.9. The summed E-state index contributed by atoms with van der Waals surface area (Å²) in [5, 5.41) is 0. The highest BCUT2D eigenvalue weighted by Crippen LogP contribution is 2.54. The summed E-state index contributed by atoms with van der Waals surface area (Å²) in [6, 6.07) is 8.45. The second kappa shape index (κ2) is 3.16. The molecule has 0 radical (unpaired) electrons. The van der Waals surface area contributed by atoms with Crippen molar-refractivity contribution in [3.63, 3.8) is 0 Å². The van der Waals surface area contributed by atoms with Gasteiger partial charge in [0, 0.05) is 5.56 Å². The first-order chi connectivity index (χ1) is 7.89. The van der Waals surface area contributed by atoms with Crippen molar-refractivity contribution >= 4 is 5.57 Å². The maximum atomic E-state index is 6.17. The highest BCUT2D eigenvalue weighted by molar-refractivity contribution is 5.78. The molecular formula is C16H20O. The summed E-state index contributed by atoms with van der Waals surface area (Å²) >= 11 is 0. The Morgan fingerprint density at radius 2 is 1.71 bits per heavy atom. The van der Waals surface area contributed by atoms with E-state index in [0.29, 0.717) is 5.41 Å². The van der Waals surface area contributed by atoms with E-state index >= 15 is 0 Å². The van der Waals surface area contributed by atoms with Crippen molar-refractivity contribution in [2.24, 2.45) is 5.41 Å². The van der Waals surface area contributed by atoms with Crippen LogP contribution in [0.5, 0.6) is 5.75 Å². The molecule has 1 aliphatic heterocycles. The minimum Gasteiger partial charge on any atom is -0.483 e. The fourth-order valence-electron chi connectivity index (χ4n) is 3.21. The van der Waals surface area contributed by atoms with E-state index in [-0.39, 0.29) is 5.60 Å². The molecule has 0 N–H and O–H groups in total. The minimum atomic E-state index is -0.141. The van der Waals surface area contributed by atoms with Crippen LogP contribution in [-0.4, -0.2) is 5.60 Å². The fraction of sp³-hybridized carbons (Fsp3) is 0.500. The molecule has 0 aromatic heterocycles. The molecule has 3 rings (SSSR count).